The van der Waals surface area contributed by atoms with E-state index in [9.17, 15) is 4.79 Å². The third-order valence-electron chi connectivity index (χ3n) is 5.52. The first kappa shape index (κ1) is 14.6. The molecule has 2 aliphatic rings. The van der Waals surface area contributed by atoms with E-state index in [1.165, 1.54) is 5.56 Å². The van der Waals surface area contributed by atoms with Crippen molar-refractivity contribution in [2.45, 2.75) is 25.7 Å². The van der Waals surface area contributed by atoms with E-state index in [1.807, 2.05) is 12.3 Å². The molecule has 1 aliphatic carbocycles. The molecule has 4 rings (SSSR count). The van der Waals surface area contributed by atoms with Gasteiger partial charge in [-0.2, -0.15) is 0 Å². The number of para-hydroxylation sites is 1. The average Bonchev–Trinajstić information content (AvgIpc) is 3.29. The van der Waals surface area contributed by atoms with Crippen LogP contribution < -0.4 is 10.6 Å². The SMILES string of the molecule is O=C(NCCc1cccc2cccnc12)C1CC12CCNCC2. The van der Waals surface area contributed by atoms with Gasteiger partial charge in [0.15, 0.2) is 0 Å². The number of amides is 1. The Balaban J connectivity index is 1.34. The number of nitrogens with one attached hydrogen (secondary N) is 2. The van der Waals surface area contributed by atoms with Crippen molar-refractivity contribution in [3.05, 3.63) is 42.1 Å². The van der Waals surface area contributed by atoms with Crippen molar-refractivity contribution in [3.8, 4) is 0 Å². The highest BCUT2D eigenvalue weighted by Gasteiger charge is 2.57. The Labute approximate surface area is 136 Å². The van der Waals surface area contributed by atoms with E-state index in [2.05, 4.69) is 39.9 Å². The topological polar surface area (TPSA) is 54.0 Å². The predicted octanol–water partition coefficient (Wildman–Crippen LogP) is 2.28. The van der Waals surface area contributed by atoms with Gasteiger partial charge in [0.1, 0.15) is 0 Å². The van der Waals surface area contributed by atoms with Gasteiger partial charge >= 0.3 is 0 Å². The van der Waals surface area contributed by atoms with Crippen molar-refractivity contribution in [3.63, 3.8) is 0 Å². The zero-order valence-corrected chi connectivity index (χ0v) is 13.3. The first-order chi connectivity index (χ1) is 11.3. The second-order valence-corrected chi connectivity index (χ2v) is 6.90. The molecule has 4 nitrogen and oxygen atoms in total. The Morgan fingerprint density at radius 3 is 2.96 bits per heavy atom. The van der Waals surface area contributed by atoms with Gasteiger partial charge in [-0.3, -0.25) is 9.78 Å². The number of aromatic nitrogens is 1. The molecule has 2 N–H and O–H groups in total. The number of nitrogens with zero attached hydrogens (tertiary/aromatic N) is 1. The minimum atomic E-state index is 0.246. The summed E-state index contributed by atoms with van der Waals surface area (Å²) in [4.78, 5) is 16.9. The van der Waals surface area contributed by atoms with Crippen LogP contribution in [0.4, 0.5) is 0 Å². The molecule has 0 bridgehead atoms. The van der Waals surface area contributed by atoms with Crippen LogP contribution in [-0.4, -0.2) is 30.5 Å². The second-order valence-electron chi connectivity index (χ2n) is 6.90. The van der Waals surface area contributed by atoms with Gasteiger partial charge in [-0.15, -0.1) is 0 Å². The summed E-state index contributed by atoms with van der Waals surface area (Å²) in [5.41, 5.74) is 2.57. The number of piperidine rings is 1. The molecular weight excluding hydrogens is 286 g/mol. The van der Waals surface area contributed by atoms with Crippen molar-refractivity contribution in [2.75, 3.05) is 19.6 Å². The summed E-state index contributed by atoms with van der Waals surface area (Å²) in [5, 5.41) is 7.68. The summed E-state index contributed by atoms with van der Waals surface area (Å²) in [6.07, 6.45) is 6.05. The Morgan fingerprint density at radius 2 is 2.09 bits per heavy atom. The molecule has 1 saturated carbocycles. The van der Waals surface area contributed by atoms with Crippen LogP contribution in [0.5, 0.6) is 0 Å². The number of carbonyl (C=O) groups is 1. The van der Waals surface area contributed by atoms with Gasteiger partial charge < -0.3 is 10.6 Å². The van der Waals surface area contributed by atoms with Crippen molar-refractivity contribution < 1.29 is 4.79 Å². The molecule has 2 heterocycles. The van der Waals surface area contributed by atoms with Gasteiger partial charge in [0.2, 0.25) is 5.91 Å². The highest BCUT2D eigenvalue weighted by Crippen LogP contribution is 2.58. The van der Waals surface area contributed by atoms with Crippen molar-refractivity contribution in [1.82, 2.24) is 15.6 Å². The Hall–Kier alpha value is -1.94. The van der Waals surface area contributed by atoms with Crippen LogP contribution in [0.25, 0.3) is 10.9 Å². The quantitative estimate of drug-likeness (QED) is 0.911. The van der Waals surface area contributed by atoms with Gasteiger partial charge in [0.05, 0.1) is 5.52 Å². The lowest BCUT2D eigenvalue weighted by Crippen LogP contribution is -2.34. The monoisotopic (exact) mass is 309 g/mol. The molecule has 1 spiro atoms. The van der Waals surface area contributed by atoms with Crippen LogP contribution in [0, 0.1) is 11.3 Å². The van der Waals surface area contributed by atoms with E-state index in [0.29, 0.717) is 12.0 Å². The zero-order chi connectivity index (χ0) is 15.7. The first-order valence-corrected chi connectivity index (χ1v) is 8.60. The molecule has 1 atom stereocenters. The molecule has 1 aliphatic heterocycles. The maximum atomic E-state index is 12.4. The summed E-state index contributed by atoms with van der Waals surface area (Å²) in [5.74, 6) is 0.496. The van der Waals surface area contributed by atoms with E-state index in [4.69, 9.17) is 0 Å². The normalized spacial score (nSPS) is 22.2. The number of rotatable bonds is 4. The van der Waals surface area contributed by atoms with E-state index >= 15 is 0 Å². The smallest absolute Gasteiger partial charge is 0.223 e. The maximum Gasteiger partial charge on any atom is 0.223 e. The number of benzene rings is 1. The van der Waals surface area contributed by atoms with Gasteiger partial charge in [-0.25, -0.2) is 0 Å². The fourth-order valence-corrected chi connectivity index (χ4v) is 4.01. The fourth-order valence-electron chi connectivity index (χ4n) is 4.01. The lowest BCUT2D eigenvalue weighted by Gasteiger charge is -2.23. The lowest BCUT2D eigenvalue weighted by molar-refractivity contribution is -0.123. The highest BCUT2D eigenvalue weighted by atomic mass is 16.2. The third kappa shape index (κ3) is 2.83. The standard InChI is InChI=1S/C19H23N3O/c23-18(16-13-19(16)7-11-20-12-8-19)22-10-6-15-4-1-3-14-5-2-9-21-17(14)15/h1-5,9,16,20H,6-8,10-13H2,(H,22,23). The van der Waals surface area contributed by atoms with Crippen molar-refractivity contribution in [2.24, 2.45) is 11.3 Å². The van der Waals surface area contributed by atoms with E-state index in [0.717, 1.165) is 49.7 Å². The molecule has 0 radical (unpaired) electrons. The van der Waals surface area contributed by atoms with Gasteiger partial charge in [-0.1, -0.05) is 24.3 Å². The summed E-state index contributed by atoms with van der Waals surface area (Å²) < 4.78 is 0. The Bertz CT molecular complexity index is 716. The number of pyridine rings is 1. The van der Waals surface area contributed by atoms with Crippen LogP contribution in [0.3, 0.4) is 0 Å². The molecule has 1 unspecified atom stereocenters. The van der Waals surface area contributed by atoms with Crippen molar-refractivity contribution >= 4 is 16.8 Å². The Morgan fingerprint density at radius 1 is 1.26 bits per heavy atom. The van der Waals surface area contributed by atoms with Crippen LogP contribution in [0.15, 0.2) is 36.5 Å². The number of hydrogen-bond donors (Lipinski definition) is 2. The predicted molar refractivity (Wildman–Crippen MR) is 91.1 cm³/mol. The minimum Gasteiger partial charge on any atom is -0.356 e. The van der Waals surface area contributed by atoms with Crippen LogP contribution in [-0.2, 0) is 11.2 Å². The largest absolute Gasteiger partial charge is 0.356 e. The molecule has 2 aromatic rings. The third-order valence-corrected chi connectivity index (χ3v) is 5.52. The van der Waals surface area contributed by atoms with Crippen molar-refractivity contribution in [1.29, 1.82) is 0 Å². The van der Waals surface area contributed by atoms with Gasteiger partial charge in [-0.05, 0) is 55.8 Å². The van der Waals surface area contributed by atoms with Crippen LogP contribution in [0.1, 0.15) is 24.8 Å². The Kier molecular flexibility index (Phi) is 3.77. The van der Waals surface area contributed by atoms with E-state index in [-0.39, 0.29) is 11.8 Å². The average molecular weight is 309 g/mol. The molecule has 1 aromatic heterocycles. The molecule has 2 fully saturated rings. The summed E-state index contributed by atoms with van der Waals surface area (Å²) in [6, 6.07) is 10.3. The zero-order valence-electron chi connectivity index (χ0n) is 13.3. The molecule has 23 heavy (non-hydrogen) atoms. The molecule has 4 heteroatoms. The van der Waals surface area contributed by atoms with E-state index < -0.39 is 0 Å². The molecular formula is C19H23N3O. The number of fused-ring (bicyclic) bond motifs is 1. The molecule has 120 valence electrons. The second kappa shape index (κ2) is 5.93. The summed E-state index contributed by atoms with van der Waals surface area (Å²) in [7, 11) is 0. The molecule has 1 aromatic carbocycles. The lowest BCUT2D eigenvalue weighted by atomic mass is 9.92. The fraction of sp³-hybridized carbons (Fsp3) is 0.474. The molecule has 1 amide bonds. The number of carbonyl (C=O) groups excluding carboxylic acids is 1. The van der Waals surface area contributed by atoms with Gasteiger partial charge in [0, 0.05) is 24.0 Å². The van der Waals surface area contributed by atoms with Gasteiger partial charge in [0.25, 0.3) is 0 Å². The summed E-state index contributed by atoms with van der Waals surface area (Å²) >= 11 is 0. The maximum absolute atomic E-state index is 12.4. The number of hydrogen-bond acceptors (Lipinski definition) is 3. The van der Waals surface area contributed by atoms with E-state index in [1.54, 1.807) is 0 Å². The molecule has 1 saturated heterocycles. The highest BCUT2D eigenvalue weighted by molar-refractivity contribution is 5.83. The van der Waals surface area contributed by atoms with Crippen LogP contribution >= 0.6 is 0 Å². The first-order valence-electron chi connectivity index (χ1n) is 8.60. The van der Waals surface area contributed by atoms with Crippen LogP contribution in [0.2, 0.25) is 0 Å². The summed E-state index contributed by atoms with van der Waals surface area (Å²) in [6.45, 7) is 2.82. The minimum absolute atomic E-state index is 0.246.